The third-order valence-corrected chi connectivity index (χ3v) is 1.50. The van der Waals surface area contributed by atoms with E-state index in [1.54, 1.807) is 6.08 Å². The van der Waals surface area contributed by atoms with Crippen molar-refractivity contribution in [3.63, 3.8) is 0 Å². The van der Waals surface area contributed by atoms with Gasteiger partial charge in [-0.1, -0.05) is 13.8 Å². The molecule has 14 heavy (non-hydrogen) atoms. The van der Waals surface area contributed by atoms with E-state index in [4.69, 9.17) is 5.21 Å². The Morgan fingerprint density at radius 2 is 2.21 bits per heavy atom. The molecule has 0 aliphatic heterocycles. The van der Waals surface area contributed by atoms with Gasteiger partial charge in [0, 0.05) is 25.0 Å². The van der Waals surface area contributed by atoms with Crippen molar-refractivity contribution in [2.45, 2.75) is 13.8 Å². The first-order chi connectivity index (χ1) is 6.74. The summed E-state index contributed by atoms with van der Waals surface area (Å²) in [5.74, 6) is -0.531. The minimum atomic E-state index is -0.531. The second-order valence-corrected chi connectivity index (χ2v) is 2.35. The van der Waals surface area contributed by atoms with Crippen LogP contribution in [-0.2, 0) is 11.8 Å². The molecule has 0 fully saturated rings. The minimum absolute atomic E-state index is 0.531. The second-order valence-electron chi connectivity index (χ2n) is 2.35. The van der Waals surface area contributed by atoms with Gasteiger partial charge in [0.2, 0.25) is 0 Å². The van der Waals surface area contributed by atoms with Crippen LogP contribution in [-0.4, -0.2) is 15.7 Å². The van der Waals surface area contributed by atoms with Crippen LogP contribution in [0.15, 0.2) is 24.4 Å². The quantitative estimate of drug-likeness (QED) is 0.428. The zero-order chi connectivity index (χ0) is 11.0. The van der Waals surface area contributed by atoms with Crippen LogP contribution in [0.3, 0.4) is 0 Å². The molecule has 0 unspecified atom stereocenters. The van der Waals surface area contributed by atoms with E-state index in [-0.39, 0.29) is 0 Å². The minimum Gasteiger partial charge on any atom is -0.351 e. The van der Waals surface area contributed by atoms with E-state index in [1.165, 1.54) is 11.6 Å². The molecule has 1 heterocycles. The van der Waals surface area contributed by atoms with Gasteiger partial charge in [0.1, 0.15) is 0 Å². The average molecular weight is 196 g/mol. The van der Waals surface area contributed by atoms with Gasteiger partial charge in [-0.2, -0.15) is 0 Å². The van der Waals surface area contributed by atoms with Crippen molar-refractivity contribution >= 4 is 12.0 Å². The van der Waals surface area contributed by atoms with Gasteiger partial charge in [0.15, 0.2) is 0 Å². The van der Waals surface area contributed by atoms with Gasteiger partial charge in [-0.25, -0.2) is 5.48 Å². The largest absolute Gasteiger partial charge is 0.351 e. The molecule has 0 saturated heterocycles. The molecule has 1 aromatic rings. The number of hydroxylamine groups is 1. The van der Waals surface area contributed by atoms with E-state index in [2.05, 4.69) is 0 Å². The summed E-state index contributed by atoms with van der Waals surface area (Å²) in [7, 11) is 1.87. The lowest BCUT2D eigenvalue weighted by atomic mass is 10.4. The van der Waals surface area contributed by atoms with Gasteiger partial charge in [0.05, 0.1) is 0 Å². The van der Waals surface area contributed by atoms with E-state index < -0.39 is 5.91 Å². The molecule has 0 atom stereocenters. The third-order valence-electron chi connectivity index (χ3n) is 1.50. The van der Waals surface area contributed by atoms with Gasteiger partial charge in [-0.3, -0.25) is 10.0 Å². The lowest BCUT2D eigenvalue weighted by Gasteiger charge is -1.94. The molecule has 4 nitrogen and oxygen atoms in total. The van der Waals surface area contributed by atoms with Crippen molar-refractivity contribution in [2.75, 3.05) is 0 Å². The second kappa shape index (κ2) is 6.91. The van der Waals surface area contributed by atoms with Gasteiger partial charge in [0.25, 0.3) is 5.91 Å². The molecule has 0 radical (unpaired) electrons. The SMILES string of the molecule is CC.Cn1cccc1/C=C/C(=O)NO. The smallest absolute Gasteiger partial charge is 0.267 e. The number of aryl methyl sites for hydroxylation is 1. The van der Waals surface area contributed by atoms with Crippen molar-refractivity contribution in [1.29, 1.82) is 0 Å². The predicted molar refractivity (Wildman–Crippen MR) is 55.7 cm³/mol. The van der Waals surface area contributed by atoms with Gasteiger partial charge >= 0.3 is 0 Å². The Morgan fingerprint density at radius 1 is 1.57 bits per heavy atom. The number of nitrogens with one attached hydrogen (secondary N) is 1. The maximum atomic E-state index is 10.6. The molecule has 1 aromatic heterocycles. The maximum Gasteiger partial charge on any atom is 0.267 e. The van der Waals surface area contributed by atoms with Crippen LogP contribution < -0.4 is 5.48 Å². The molecule has 0 spiro atoms. The van der Waals surface area contributed by atoms with Crippen LogP contribution in [0.2, 0.25) is 0 Å². The first-order valence-electron chi connectivity index (χ1n) is 4.47. The summed E-state index contributed by atoms with van der Waals surface area (Å²) in [5.41, 5.74) is 2.41. The standard InChI is InChI=1S/C8H10N2O2.C2H6/c1-10-6-2-3-7(10)4-5-8(11)9-12;1-2/h2-6,12H,1H3,(H,9,11);1-2H3/b5-4+;. The number of carbonyl (C=O) groups excluding carboxylic acids is 1. The van der Waals surface area contributed by atoms with E-state index >= 15 is 0 Å². The fourth-order valence-electron chi connectivity index (χ4n) is 0.846. The molecule has 0 aromatic carbocycles. The summed E-state index contributed by atoms with van der Waals surface area (Å²) in [5, 5.41) is 8.18. The van der Waals surface area contributed by atoms with Gasteiger partial charge in [-0.05, 0) is 18.2 Å². The van der Waals surface area contributed by atoms with E-state index in [0.29, 0.717) is 0 Å². The van der Waals surface area contributed by atoms with Crippen molar-refractivity contribution in [3.05, 3.63) is 30.1 Å². The monoisotopic (exact) mass is 196 g/mol. The fraction of sp³-hybridized carbons (Fsp3) is 0.300. The van der Waals surface area contributed by atoms with E-state index in [1.807, 2.05) is 43.8 Å². The molecule has 2 N–H and O–H groups in total. The highest BCUT2D eigenvalue weighted by atomic mass is 16.5. The predicted octanol–water partition coefficient (Wildman–Crippen LogP) is 1.57. The summed E-state index contributed by atoms with van der Waals surface area (Å²) in [6, 6.07) is 3.73. The molecule has 1 amide bonds. The Labute approximate surface area is 83.8 Å². The maximum absolute atomic E-state index is 10.6. The summed E-state index contributed by atoms with van der Waals surface area (Å²) >= 11 is 0. The summed E-state index contributed by atoms with van der Waals surface area (Å²) in [6.45, 7) is 4.00. The average Bonchev–Trinajstić information content (AvgIpc) is 2.63. The zero-order valence-electron chi connectivity index (χ0n) is 8.69. The lowest BCUT2D eigenvalue weighted by Crippen LogP contribution is -2.14. The van der Waals surface area contributed by atoms with Crippen LogP contribution in [0, 0.1) is 0 Å². The molecule has 0 aliphatic carbocycles. The number of aromatic nitrogens is 1. The third kappa shape index (κ3) is 3.91. The molecule has 4 heteroatoms. The normalized spacial score (nSPS) is 9.43. The first kappa shape index (κ1) is 12.4. The Balaban J connectivity index is 0.000000791. The van der Waals surface area contributed by atoms with Crippen molar-refractivity contribution in [1.82, 2.24) is 10.0 Å². The molecular formula is C10H16N2O2. The van der Waals surface area contributed by atoms with Gasteiger partial charge < -0.3 is 4.57 Å². The number of nitrogens with zero attached hydrogens (tertiary/aromatic N) is 1. The first-order valence-corrected chi connectivity index (χ1v) is 4.47. The lowest BCUT2D eigenvalue weighted by molar-refractivity contribution is -0.124. The van der Waals surface area contributed by atoms with E-state index in [9.17, 15) is 4.79 Å². The Bertz CT molecular complexity index is 303. The van der Waals surface area contributed by atoms with Crippen LogP contribution in [0.1, 0.15) is 19.5 Å². The van der Waals surface area contributed by atoms with Gasteiger partial charge in [-0.15, -0.1) is 0 Å². The van der Waals surface area contributed by atoms with Crippen LogP contribution in [0.4, 0.5) is 0 Å². The Morgan fingerprint density at radius 3 is 2.64 bits per heavy atom. The Kier molecular flexibility index (Phi) is 6.15. The number of carbonyl (C=O) groups is 1. The van der Waals surface area contributed by atoms with Crippen LogP contribution in [0.25, 0.3) is 6.08 Å². The molecule has 0 aliphatic rings. The highest BCUT2D eigenvalue weighted by molar-refractivity contribution is 5.90. The highest BCUT2D eigenvalue weighted by Crippen LogP contribution is 2.01. The molecule has 78 valence electrons. The number of amides is 1. The topological polar surface area (TPSA) is 54.3 Å². The Hall–Kier alpha value is -1.55. The van der Waals surface area contributed by atoms with Crippen molar-refractivity contribution in [3.8, 4) is 0 Å². The fourth-order valence-corrected chi connectivity index (χ4v) is 0.846. The van der Waals surface area contributed by atoms with Crippen molar-refractivity contribution in [2.24, 2.45) is 7.05 Å². The summed E-state index contributed by atoms with van der Waals surface area (Å²) < 4.78 is 1.86. The number of hydrogen-bond acceptors (Lipinski definition) is 2. The summed E-state index contributed by atoms with van der Waals surface area (Å²) in [6.07, 6.45) is 4.75. The molecule has 1 rings (SSSR count). The van der Waals surface area contributed by atoms with Crippen molar-refractivity contribution < 1.29 is 10.0 Å². The highest BCUT2D eigenvalue weighted by Gasteiger charge is 1.92. The van der Waals surface area contributed by atoms with E-state index in [0.717, 1.165) is 5.69 Å². The molecule has 0 bridgehead atoms. The molecular weight excluding hydrogens is 180 g/mol. The van der Waals surface area contributed by atoms with Crippen LogP contribution in [0.5, 0.6) is 0 Å². The molecule has 0 saturated carbocycles. The van der Waals surface area contributed by atoms with Crippen LogP contribution >= 0.6 is 0 Å². The summed E-state index contributed by atoms with van der Waals surface area (Å²) in [4.78, 5) is 10.6. The number of rotatable bonds is 2. The zero-order valence-corrected chi connectivity index (χ0v) is 8.69. The number of hydrogen-bond donors (Lipinski definition) is 2.